The van der Waals surface area contributed by atoms with Crippen LogP contribution in [0.25, 0.3) is 0 Å². The van der Waals surface area contributed by atoms with Gasteiger partial charge in [0.25, 0.3) is 0 Å². The maximum atomic E-state index is 11.0. The lowest BCUT2D eigenvalue weighted by Crippen LogP contribution is -2.47. The van der Waals surface area contributed by atoms with E-state index in [4.69, 9.17) is 5.11 Å². The fourth-order valence-electron chi connectivity index (χ4n) is 5.24. The van der Waals surface area contributed by atoms with Crippen LogP contribution in [0.1, 0.15) is 38.5 Å². The molecule has 0 aromatic carbocycles. The highest BCUT2D eigenvalue weighted by Gasteiger charge is 2.50. The van der Waals surface area contributed by atoms with Crippen molar-refractivity contribution in [3.05, 3.63) is 12.7 Å². The van der Waals surface area contributed by atoms with E-state index in [1.807, 2.05) is 6.08 Å². The summed E-state index contributed by atoms with van der Waals surface area (Å²) in [7, 11) is 0. The van der Waals surface area contributed by atoms with Gasteiger partial charge in [-0.3, -0.25) is 4.79 Å². The summed E-state index contributed by atoms with van der Waals surface area (Å²) in [5, 5.41) is 9.02. The molecule has 0 amide bonds. The SMILES string of the molecule is C=CC(CC(=O)O)C1C2CC3CC(C2)CC1C3. The van der Waals surface area contributed by atoms with E-state index >= 15 is 0 Å². The standard InChI is InChI=1S/C15H22O2/c1-2-11(8-14(16)17)15-12-4-9-3-10(6-12)7-13(15)5-9/h2,9-13,15H,1,3-8H2,(H,16,17). The molecule has 94 valence electrons. The molecule has 0 spiro atoms. The van der Waals surface area contributed by atoms with Crippen LogP contribution in [0.5, 0.6) is 0 Å². The summed E-state index contributed by atoms with van der Waals surface area (Å²) in [4.78, 5) is 11.0. The van der Waals surface area contributed by atoms with Crippen LogP contribution in [0.15, 0.2) is 12.7 Å². The Labute approximate surface area is 103 Å². The number of carbonyl (C=O) groups is 1. The fraction of sp³-hybridized carbons (Fsp3) is 0.800. The van der Waals surface area contributed by atoms with Gasteiger partial charge in [-0.1, -0.05) is 6.08 Å². The van der Waals surface area contributed by atoms with Crippen molar-refractivity contribution in [1.29, 1.82) is 0 Å². The third-order valence-electron chi connectivity index (χ3n) is 5.51. The summed E-state index contributed by atoms with van der Waals surface area (Å²) in [5.41, 5.74) is 0. The Hall–Kier alpha value is -0.790. The molecule has 4 aliphatic rings. The average Bonchev–Trinajstić information content (AvgIpc) is 2.25. The van der Waals surface area contributed by atoms with Crippen LogP contribution < -0.4 is 0 Å². The second kappa shape index (κ2) is 4.15. The van der Waals surface area contributed by atoms with Crippen molar-refractivity contribution in [3.63, 3.8) is 0 Å². The van der Waals surface area contributed by atoms with E-state index < -0.39 is 5.97 Å². The maximum absolute atomic E-state index is 11.0. The Morgan fingerprint density at radius 1 is 1.18 bits per heavy atom. The van der Waals surface area contributed by atoms with Crippen LogP contribution in [-0.2, 0) is 4.79 Å². The summed E-state index contributed by atoms with van der Waals surface area (Å²) < 4.78 is 0. The Kier molecular flexibility index (Phi) is 2.76. The number of aliphatic carboxylic acids is 1. The van der Waals surface area contributed by atoms with Gasteiger partial charge in [0.2, 0.25) is 0 Å². The molecule has 0 aromatic rings. The molecule has 1 unspecified atom stereocenters. The number of allylic oxidation sites excluding steroid dienone is 1. The van der Waals surface area contributed by atoms with Gasteiger partial charge in [0, 0.05) is 0 Å². The third kappa shape index (κ3) is 1.92. The summed E-state index contributed by atoms with van der Waals surface area (Å²) in [6, 6.07) is 0. The first-order valence-corrected chi connectivity index (χ1v) is 7.01. The van der Waals surface area contributed by atoms with Crippen LogP contribution in [0, 0.1) is 35.5 Å². The van der Waals surface area contributed by atoms with Crippen LogP contribution in [0.2, 0.25) is 0 Å². The molecular weight excluding hydrogens is 212 g/mol. The van der Waals surface area contributed by atoms with Crippen molar-refractivity contribution in [3.8, 4) is 0 Å². The number of carboxylic acids is 1. The highest BCUT2D eigenvalue weighted by molar-refractivity contribution is 5.67. The topological polar surface area (TPSA) is 37.3 Å². The Balaban J connectivity index is 1.78. The zero-order chi connectivity index (χ0) is 12.0. The molecular formula is C15H22O2. The lowest BCUT2D eigenvalue weighted by atomic mass is 9.49. The van der Waals surface area contributed by atoms with Crippen molar-refractivity contribution in [2.24, 2.45) is 35.5 Å². The average molecular weight is 234 g/mol. The molecule has 0 aliphatic heterocycles. The minimum atomic E-state index is -0.663. The van der Waals surface area contributed by atoms with Crippen molar-refractivity contribution < 1.29 is 9.90 Å². The highest BCUT2D eigenvalue weighted by Crippen LogP contribution is 2.58. The molecule has 4 bridgehead atoms. The highest BCUT2D eigenvalue weighted by atomic mass is 16.4. The molecule has 4 fully saturated rings. The van der Waals surface area contributed by atoms with Crippen LogP contribution >= 0.6 is 0 Å². The van der Waals surface area contributed by atoms with Crippen molar-refractivity contribution >= 4 is 5.97 Å². The molecule has 0 aromatic heterocycles. The van der Waals surface area contributed by atoms with Gasteiger partial charge >= 0.3 is 5.97 Å². The first-order chi connectivity index (χ1) is 8.17. The molecule has 4 rings (SSSR count). The lowest BCUT2D eigenvalue weighted by molar-refractivity contribution is -0.139. The summed E-state index contributed by atoms with van der Waals surface area (Å²) in [6.07, 6.45) is 9.11. The molecule has 1 N–H and O–H groups in total. The summed E-state index contributed by atoms with van der Waals surface area (Å²) in [5.74, 6) is 3.69. The van der Waals surface area contributed by atoms with Gasteiger partial charge in [-0.15, -0.1) is 6.58 Å². The molecule has 4 aliphatic carbocycles. The van der Waals surface area contributed by atoms with Gasteiger partial charge in [0.15, 0.2) is 0 Å². The zero-order valence-corrected chi connectivity index (χ0v) is 10.3. The lowest BCUT2D eigenvalue weighted by Gasteiger charge is -2.56. The second-order valence-electron chi connectivity index (χ2n) is 6.51. The first kappa shape index (κ1) is 11.3. The van der Waals surface area contributed by atoms with E-state index in [1.165, 1.54) is 32.1 Å². The quantitative estimate of drug-likeness (QED) is 0.757. The molecule has 17 heavy (non-hydrogen) atoms. The van der Waals surface area contributed by atoms with Gasteiger partial charge in [0.05, 0.1) is 6.42 Å². The monoisotopic (exact) mass is 234 g/mol. The van der Waals surface area contributed by atoms with Gasteiger partial charge in [0.1, 0.15) is 0 Å². The summed E-state index contributed by atoms with van der Waals surface area (Å²) >= 11 is 0. The number of hydrogen-bond acceptors (Lipinski definition) is 1. The van der Waals surface area contributed by atoms with E-state index in [9.17, 15) is 4.79 Å². The van der Waals surface area contributed by atoms with Gasteiger partial charge in [-0.25, -0.2) is 0 Å². The van der Waals surface area contributed by atoms with Crippen molar-refractivity contribution in [2.75, 3.05) is 0 Å². The predicted molar refractivity (Wildman–Crippen MR) is 66.5 cm³/mol. The Morgan fingerprint density at radius 2 is 1.71 bits per heavy atom. The number of rotatable bonds is 4. The first-order valence-electron chi connectivity index (χ1n) is 7.01. The molecule has 0 saturated heterocycles. The number of hydrogen-bond donors (Lipinski definition) is 1. The van der Waals surface area contributed by atoms with Gasteiger partial charge in [-0.2, -0.15) is 0 Å². The minimum absolute atomic E-state index is 0.211. The molecule has 0 radical (unpaired) electrons. The second-order valence-corrected chi connectivity index (χ2v) is 6.51. The largest absolute Gasteiger partial charge is 0.481 e. The van der Waals surface area contributed by atoms with E-state index in [2.05, 4.69) is 6.58 Å². The van der Waals surface area contributed by atoms with E-state index in [0.29, 0.717) is 5.92 Å². The van der Waals surface area contributed by atoms with E-state index in [-0.39, 0.29) is 12.3 Å². The smallest absolute Gasteiger partial charge is 0.303 e. The Bertz CT molecular complexity index is 306. The summed E-state index contributed by atoms with van der Waals surface area (Å²) in [6.45, 7) is 3.88. The minimum Gasteiger partial charge on any atom is -0.481 e. The Morgan fingerprint density at radius 3 is 2.12 bits per heavy atom. The van der Waals surface area contributed by atoms with E-state index in [0.717, 1.165) is 23.7 Å². The zero-order valence-electron chi connectivity index (χ0n) is 10.3. The molecule has 0 heterocycles. The van der Waals surface area contributed by atoms with Gasteiger partial charge < -0.3 is 5.11 Å². The van der Waals surface area contributed by atoms with E-state index in [1.54, 1.807) is 0 Å². The van der Waals surface area contributed by atoms with Crippen LogP contribution in [0.3, 0.4) is 0 Å². The normalized spacial score (nSPS) is 44.6. The third-order valence-corrected chi connectivity index (χ3v) is 5.51. The van der Waals surface area contributed by atoms with Crippen molar-refractivity contribution in [1.82, 2.24) is 0 Å². The fourth-order valence-corrected chi connectivity index (χ4v) is 5.24. The van der Waals surface area contributed by atoms with Crippen LogP contribution in [0.4, 0.5) is 0 Å². The molecule has 1 atom stereocenters. The number of carboxylic acid groups (broad SMARTS) is 1. The molecule has 2 heteroatoms. The maximum Gasteiger partial charge on any atom is 0.303 e. The molecule has 2 nitrogen and oxygen atoms in total. The van der Waals surface area contributed by atoms with Crippen molar-refractivity contribution in [2.45, 2.75) is 38.5 Å². The van der Waals surface area contributed by atoms with Crippen LogP contribution in [-0.4, -0.2) is 11.1 Å². The molecule has 4 saturated carbocycles. The van der Waals surface area contributed by atoms with Gasteiger partial charge in [-0.05, 0) is 67.6 Å². The predicted octanol–water partition coefficient (Wildman–Crippen LogP) is 3.34.